The molecule has 118 valence electrons. The Bertz CT molecular complexity index is 825. The van der Waals surface area contributed by atoms with Crippen LogP contribution in [0.2, 0.25) is 5.02 Å². The Morgan fingerprint density at radius 3 is 3.13 bits per heavy atom. The summed E-state index contributed by atoms with van der Waals surface area (Å²) in [7, 11) is 0. The van der Waals surface area contributed by atoms with Crippen LogP contribution in [-0.4, -0.2) is 28.9 Å². The van der Waals surface area contributed by atoms with Crippen molar-refractivity contribution in [2.24, 2.45) is 0 Å². The molecule has 2 aromatic heterocycles. The molecule has 1 aliphatic rings. The fourth-order valence-electron chi connectivity index (χ4n) is 2.87. The topological polar surface area (TPSA) is 35.8 Å². The molecule has 3 heterocycles. The second kappa shape index (κ2) is 6.32. The van der Waals surface area contributed by atoms with Crippen molar-refractivity contribution in [2.75, 3.05) is 13.2 Å². The monoisotopic (exact) mass is 328 g/mol. The van der Waals surface area contributed by atoms with E-state index in [1.165, 1.54) is 0 Å². The van der Waals surface area contributed by atoms with Gasteiger partial charge in [0, 0.05) is 18.4 Å². The van der Waals surface area contributed by atoms with Crippen molar-refractivity contribution >= 4 is 17.1 Å². The van der Waals surface area contributed by atoms with Crippen LogP contribution in [0.25, 0.3) is 16.6 Å². The van der Waals surface area contributed by atoms with Gasteiger partial charge in [0.25, 0.3) is 0 Å². The number of nitrogens with zero attached hydrogens (tertiary/aromatic N) is 2. The molecule has 1 aliphatic heterocycles. The minimum Gasteiger partial charge on any atom is -0.379 e. The largest absolute Gasteiger partial charge is 0.379 e. The number of pyridine rings is 1. The summed E-state index contributed by atoms with van der Waals surface area (Å²) in [5, 5.41) is 5.05. The molecule has 0 N–H and O–H groups in total. The third-order valence-corrected chi connectivity index (χ3v) is 4.32. The summed E-state index contributed by atoms with van der Waals surface area (Å²) in [6, 6.07) is 12.3. The summed E-state index contributed by atoms with van der Waals surface area (Å²) in [4.78, 5) is 0. The van der Waals surface area contributed by atoms with Crippen LogP contribution in [0.15, 0.2) is 48.8 Å². The average Bonchev–Trinajstić information content (AvgIpc) is 3.22. The standard InChI is InChI=1S/C18H17ClN2O2/c19-15-4-5-18-17(9-20-21(18)10-15)14-3-1-2-13(8-14)11-23-16-6-7-22-12-16/h1-5,8-10,16H,6-7,11-12H2/t16-/m0/s1. The second-order valence-electron chi connectivity index (χ2n) is 5.73. The number of benzene rings is 1. The fraction of sp³-hybridized carbons (Fsp3) is 0.278. The van der Waals surface area contributed by atoms with Gasteiger partial charge in [-0.3, -0.25) is 0 Å². The van der Waals surface area contributed by atoms with Crippen molar-refractivity contribution in [1.29, 1.82) is 0 Å². The molecule has 0 saturated carbocycles. The van der Waals surface area contributed by atoms with Gasteiger partial charge in [-0.25, -0.2) is 4.52 Å². The van der Waals surface area contributed by atoms with Gasteiger partial charge in [0.15, 0.2) is 0 Å². The molecule has 1 saturated heterocycles. The maximum absolute atomic E-state index is 6.02. The van der Waals surface area contributed by atoms with E-state index in [-0.39, 0.29) is 6.10 Å². The minimum atomic E-state index is 0.220. The van der Waals surface area contributed by atoms with E-state index in [4.69, 9.17) is 21.1 Å². The molecule has 5 heteroatoms. The average molecular weight is 329 g/mol. The van der Waals surface area contributed by atoms with Crippen LogP contribution in [0.5, 0.6) is 0 Å². The lowest BCUT2D eigenvalue weighted by atomic mass is 10.0. The van der Waals surface area contributed by atoms with E-state index in [1.807, 2.05) is 24.5 Å². The van der Waals surface area contributed by atoms with Crippen molar-refractivity contribution in [3.05, 3.63) is 59.4 Å². The summed E-state index contributed by atoms with van der Waals surface area (Å²) in [5.74, 6) is 0. The van der Waals surface area contributed by atoms with E-state index in [2.05, 4.69) is 29.4 Å². The molecule has 0 unspecified atom stereocenters. The molecule has 0 spiro atoms. The number of fused-ring (bicyclic) bond motifs is 1. The van der Waals surface area contributed by atoms with E-state index >= 15 is 0 Å². The van der Waals surface area contributed by atoms with Gasteiger partial charge in [-0.2, -0.15) is 5.10 Å². The third-order valence-electron chi connectivity index (χ3n) is 4.09. The molecule has 4 rings (SSSR count). The normalized spacial score (nSPS) is 17.9. The highest BCUT2D eigenvalue weighted by Gasteiger charge is 2.16. The smallest absolute Gasteiger partial charge is 0.0834 e. The number of halogens is 1. The Balaban J connectivity index is 1.59. The molecule has 0 bridgehead atoms. The van der Waals surface area contributed by atoms with E-state index in [9.17, 15) is 0 Å². The Hall–Kier alpha value is -1.88. The predicted octanol–water partition coefficient (Wildman–Crippen LogP) is 3.96. The molecule has 1 aromatic carbocycles. The summed E-state index contributed by atoms with van der Waals surface area (Å²) in [6.07, 6.45) is 4.89. The van der Waals surface area contributed by atoms with Crippen molar-refractivity contribution in [1.82, 2.24) is 9.61 Å². The third kappa shape index (κ3) is 3.11. The van der Waals surface area contributed by atoms with Gasteiger partial charge < -0.3 is 9.47 Å². The first-order valence-corrected chi connectivity index (χ1v) is 8.09. The number of aromatic nitrogens is 2. The molecular formula is C18H17ClN2O2. The number of rotatable bonds is 4. The lowest BCUT2D eigenvalue weighted by molar-refractivity contribution is 0.0318. The van der Waals surface area contributed by atoms with Crippen molar-refractivity contribution in [2.45, 2.75) is 19.1 Å². The van der Waals surface area contributed by atoms with Gasteiger partial charge in [-0.15, -0.1) is 0 Å². The van der Waals surface area contributed by atoms with Crippen molar-refractivity contribution in [3.8, 4) is 11.1 Å². The van der Waals surface area contributed by atoms with Crippen LogP contribution < -0.4 is 0 Å². The summed E-state index contributed by atoms with van der Waals surface area (Å²) >= 11 is 6.02. The molecule has 1 fully saturated rings. The van der Waals surface area contributed by atoms with Crippen LogP contribution >= 0.6 is 11.6 Å². The zero-order valence-corrected chi connectivity index (χ0v) is 13.4. The van der Waals surface area contributed by atoms with Gasteiger partial charge in [0.05, 0.1) is 36.1 Å². The van der Waals surface area contributed by atoms with Gasteiger partial charge in [0.1, 0.15) is 0 Å². The number of ether oxygens (including phenoxy) is 2. The van der Waals surface area contributed by atoms with Crippen LogP contribution in [0.3, 0.4) is 0 Å². The van der Waals surface area contributed by atoms with Crippen LogP contribution in [0.4, 0.5) is 0 Å². The van der Waals surface area contributed by atoms with E-state index < -0.39 is 0 Å². The summed E-state index contributed by atoms with van der Waals surface area (Å²) < 4.78 is 13.0. The van der Waals surface area contributed by atoms with E-state index in [1.54, 1.807) is 4.52 Å². The molecule has 0 aliphatic carbocycles. The van der Waals surface area contributed by atoms with Gasteiger partial charge in [0.2, 0.25) is 0 Å². The Morgan fingerprint density at radius 2 is 2.26 bits per heavy atom. The fourth-order valence-corrected chi connectivity index (χ4v) is 3.02. The second-order valence-corrected chi connectivity index (χ2v) is 6.17. The van der Waals surface area contributed by atoms with Crippen molar-refractivity contribution in [3.63, 3.8) is 0 Å². The maximum atomic E-state index is 6.02. The lowest BCUT2D eigenvalue weighted by Crippen LogP contribution is -2.11. The first-order valence-electron chi connectivity index (χ1n) is 7.71. The highest BCUT2D eigenvalue weighted by molar-refractivity contribution is 6.30. The number of hydrogen-bond donors (Lipinski definition) is 0. The van der Waals surface area contributed by atoms with Crippen LogP contribution in [0, 0.1) is 0 Å². The van der Waals surface area contributed by atoms with Crippen LogP contribution in [-0.2, 0) is 16.1 Å². The van der Waals surface area contributed by atoms with Gasteiger partial charge in [-0.1, -0.05) is 29.8 Å². The highest BCUT2D eigenvalue weighted by atomic mass is 35.5. The van der Waals surface area contributed by atoms with E-state index in [0.717, 1.165) is 35.2 Å². The molecule has 0 radical (unpaired) electrons. The van der Waals surface area contributed by atoms with Gasteiger partial charge in [-0.05, 0) is 35.7 Å². The molecule has 3 aromatic rings. The molecule has 4 nitrogen and oxygen atoms in total. The summed E-state index contributed by atoms with van der Waals surface area (Å²) in [5.41, 5.74) is 4.41. The molecule has 1 atom stereocenters. The molecule has 23 heavy (non-hydrogen) atoms. The maximum Gasteiger partial charge on any atom is 0.0834 e. The van der Waals surface area contributed by atoms with E-state index in [0.29, 0.717) is 18.2 Å². The SMILES string of the molecule is Clc1ccc2c(-c3cccc(CO[C@H]4CCOC4)c3)cnn2c1. The highest BCUT2D eigenvalue weighted by Crippen LogP contribution is 2.26. The van der Waals surface area contributed by atoms with Crippen LogP contribution in [0.1, 0.15) is 12.0 Å². The lowest BCUT2D eigenvalue weighted by Gasteiger charge is -2.10. The zero-order chi connectivity index (χ0) is 15.6. The Morgan fingerprint density at radius 1 is 1.30 bits per heavy atom. The van der Waals surface area contributed by atoms with Crippen molar-refractivity contribution < 1.29 is 9.47 Å². The number of hydrogen-bond acceptors (Lipinski definition) is 3. The Kier molecular flexibility index (Phi) is 4.04. The Labute approximate surface area is 139 Å². The first kappa shape index (κ1) is 14.7. The zero-order valence-electron chi connectivity index (χ0n) is 12.6. The minimum absolute atomic E-state index is 0.220. The van der Waals surface area contributed by atoms with Gasteiger partial charge >= 0.3 is 0 Å². The quantitative estimate of drug-likeness (QED) is 0.727. The predicted molar refractivity (Wildman–Crippen MR) is 89.7 cm³/mol. The summed E-state index contributed by atoms with van der Waals surface area (Å²) in [6.45, 7) is 2.11. The first-order chi connectivity index (χ1) is 11.3. The molecule has 0 amide bonds. The molecular weight excluding hydrogens is 312 g/mol.